The molecule has 2 N–H and O–H groups in total. The number of aliphatic hydroxyl groups is 1. The van der Waals surface area contributed by atoms with Crippen molar-refractivity contribution in [2.24, 2.45) is 0 Å². The van der Waals surface area contributed by atoms with Gasteiger partial charge in [0.2, 0.25) is 5.91 Å². The van der Waals surface area contributed by atoms with Crippen LogP contribution in [0.5, 0.6) is 0 Å². The van der Waals surface area contributed by atoms with Gasteiger partial charge in [-0.1, -0.05) is 0 Å². The third kappa shape index (κ3) is 2.16. The lowest BCUT2D eigenvalue weighted by Crippen LogP contribution is -2.48. The summed E-state index contributed by atoms with van der Waals surface area (Å²) in [6.07, 6.45) is 3.59. The molecule has 0 unspecified atom stereocenters. The third-order valence-electron chi connectivity index (χ3n) is 3.50. The van der Waals surface area contributed by atoms with E-state index in [2.05, 4.69) is 5.32 Å². The number of carbonyl (C=O) groups is 1. The summed E-state index contributed by atoms with van der Waals surface area (Å²) in [5, 5.41) is 12.8. The molecule has 0 radical (unpaired) electrons. The van der Waals surface area contributed by atoms with Gasteiger partial charge in [0.05, 0.1) is 18.2 Å². The van der Waals surface area contributed by atoms with E-state index in [1.165, 1.54) is 0 Å². The minimum absolute atomic E-state index is 0.00403. The molecule has 0 aromatic rings. The van der Waals surface area contributed by atoms with Crippen LogP contribution in [0.4, 0.5) is 0 Å². The first-order valence-electron chi connectivity index (χ1n) is 5.92. The fourth-order valence-corrected chi connectivity index (χ4v) is 2.66. The predicted octanol–water partition coefficient (Wildman–Crippen LogP) is 0.110. The molecular formula is C11H20N2O2. The second kappa shape index (κ2) is 4.49. The normalized spacial score (nSPS) is 33.3. The van der Waals surface area contributed by atoms with Crippen molar-refractivity contribution in [2.75, 3.05) is 13.1 Å². The van der Waals surface area contributed by atoms with E-state index < -0.39 is 6.10 Å². The molecule has 2 aliphatic rings. The number of amides is 1. The van der Waals surface area contributed by atoms with E-state index in [-0.39, 0.29) is 18.0 Å². The first-order chi connectivity index (χ1) is 7.20. The van der Waals surface area contributed by atoms with Gasteiger partial charge in [-0.25, -0.2) is 0 Å². The van der Waals surface area contributed by atoms with Crippen LogP contribution in [0, 0.1) is 0 Å². The minimum Gasteiger partial charge on any atom is -0.391 e. The number of carbonyl (C=O) groups excluding carboxylic acids is 1. The van der Waals surface area contributed by atoms with Gasteiger partial charge in [0.1, 0.15) is 0 Å². The van der Waals surface area contributed by atoms with E-state index in [1.807, 2.05) is 4.90 Å². The standard InChI is InChI=1S/C11H20N2O2/c1-8(14)10-5-3-7-13(10)11(15)9-4-2-6-12-9/h8-10,12,14H,2-7H2,1H3/t8-,9+,10+/m0/s1. The average molecular weight is 212 g/mol. The molecule has 4 heteroatoms. The van der Waals surface area contributed by atoms with Gasteiger partial charge < -0.3 is 15.3 Å². The number of likely N-dealkylation sites (tertiary alicyclic amines) is 1. The fourth-order valence-electron chi connectivity index (χ4n) is 2.66. The number of aliphatic hydroxyl groups excluding tert-OH is 1. The van der Waals surface area contributed by atoms with E-state index in [4.69, 9.17) is 0 Å². The van der Waals surface area contributed by atoms with Crippen molar-refractivity contribution in [1.29, 1.82) is 0 Å². The lowest BCUT2D eigenvalue weighted by molar-refractivity contribution is -0.135. The van der Waals surface area contributed by atoms with Gasteiger partial charge in [0, 0.05) is 6.54 Å². The Morgan fingerprint density at radius 3 is 2.87 bits per heavy atom. The van der Waals surface area contributed by atoms with Crippen molar-refractivity contribution in [2.45, 2.75) is 50.8 Å². The highest BCUT2D eigenvalue weighted by atomic mass is 16.3. The number of nitrogens with one attached hydrogen (secondary N) is 1. The Bertz CT molecular complexity index is 237. The van der Waals surface area contributed by atoms with Crippen LogP contribution in [0.15, 0.2) is 0 Å². The molecule has 2 heterocycles. The second-order valence-electron chi connectivity index (χ2n) is 4.63. The second-order valence-corrected chi connectivity index (χ2v) is 4.63. The van der Waals surface area contributed by atoms with E-state index in [1.54, 1.807) is 6.92 Å². The zero-order valence-electron chi connectivity index (χ0n) is 9.28. The smallest absolute Gasteiger partial charge is 0.240 e. The molecule has 0 spiro atoms. The minimum atomic E-state index is -0.405. The molecule has 4 nitrogen and oxygen atoms in total. The predicted molar refractivity (Wildman–Crippen MR) is 57.4 cm³/mol. The summed E-state index contributed by atoms with van der Waals surface area (Å²) in [6.45, 7) is 3.54. The summed E-state index contributed by atoms with van der Waals surface area (Å²) in [4.78, 5) is 14.0. The van der Waals surface area contributed by atoms with Crippen LogP contribution in [0.2, 0.25) is 0 Å². The van der Waals surface area contributed by atoms with Crippen molar-refractivity contribution in [3.05, 3.63) is 0 Å². The van der Waals surface area contributed by atoms with Gasteiger partial charge in [-0.15, -0.1) is 0 Å². The molecule has 3 atom stereocenters. The van der Waals surface area contributed by atoms with Crippen LogP contribution >= 0.6 is 0 Å². The summed E-state index contributed by atoms with van der Waals surface area (Å²) in [6, 6.07) is 0.0456. The van der Waals surface area contributed by atoms with Crippen molar-refractivity contribution in [1.82, 2.24) is 10.2 Å². The number of rotatable bonds is 2. The lowest BCUT2D eigenvalue weighted by atomic mass is 10.1. The van der Waals surface area contributed by atoms with E-state index in [9.17, 15) is 9.90 Å². The summed E-state index contributed by atoms with van der Waals surface area (Å²) in [5.41, 5.74) is 0. The maximum atomic E-state index is 12.1. The Morgan fingerprint density at radius 2 is 2.27 bits per heavy atom. The van der Waals surface area contributed by atoms with Crippen molar-refractivity contribution >= 4 is 5.91 Å². The van der Waals surface area contributed by atoms with Crippen LogP contribution in [-0.4, -0.2) is 47.2 Å². The summed E-state index contributed by atoms with van der Waals surface area (Å²) < 4.78 is 0. The van der Waals surface area contributed by atoms with E-state index in [0.717, 1.165) is 38.8 Å². The maximum Gasteiger partial charge on any atom is 0.240 e. The molecule has 2 saturated heterocycles. The maximum absolute atomic E-state index is 12.1. The molecule has 2 aliphatic heterocycles. The Balaban J connectivity index is 1.99. The molecule has 0 aliphatic carbocycles. The number of hydrogen-bond acceptors (Lipinski definition) is 3. The molecule has 2 rings (SSSR count). The molecular weight excluding hydrogens is 192 g/mol. The Labute approximate surface area is 90.6 Å². The van der Waals surface area contributed by atoms with Gasteiger partial charge in [0.15, 0.2) is 0 Å². The van der Waals surface area contributed by atoms with Gasteiger partial charge in [-0.3, -0.25) is 4.79 Å². The molecule has 0 aromatic heterocycles. The van der Waals surface area contributed by atoms with Crippen molar-refractivity contribution in [3.8, 4) is 0 Å². The summed E-state index contributed by atoms with van der Waals surface area (Å²) in [7, 11) is 0. The van der Waals surface area contributed by atoms with E-state index in [0.29, 0.717) is 0 Å². The molecule has 86 valence electrons. The zero-order valence-corrected chi connectivity index (χ0v) is 9.28. The van der Waals surface area contributed by atoms with Crippen LogP contribution in [0.25, 0.3) is 0 Å². The van der Waals surface area contributed by atoms with Crippen molar-refractivity contribution in [3.63, 3.8) is 0 Å². The first-order valence-corrected chi connectivity index (χ1v) is 5.92. The SMILES string of the molecule is C[C@H](O)[C@H]1CCCN1C(=O)[C@H]1CCCN1. The quantitative estimate of drug-likeness (QED) is 0.683. The number of nitrogens with zero attached hydrogens (tertiary/aromatic N) is 1. The Hall–Kier alpha value is -0.610. The fraction of sp³-hybridized carbons (Fsp3) is 0.909. The third-order valence-corrected chi connectivity index (χ3v) is 3.50. The topological polar surface area (TPSA) is 52.6 Å². The Kier molecular flexibility index (Phi) is 3.26. The molecule has 0 aromatic carbocycles. The van der Waals surface area contributed by atoms with Crippen LogP contribution in [-0.2, 0) is 4.79 Å². The summed E-state index contributed by atoms with van der Waals surface area (Å²) in [5.74, 6) is 0.191. The monoisotopic (exact) mass is 212 g/mol. The molecule has 2 fully saturated rings. The first kappa shape index (κ1) is 10.9. The molecule has 1 amide bonds. The highest BCUT2D eigenvalue weighted by Gasteiger charge is 2.35. The Morgan fingerprint density at radius 1 is 1.47 bits per heavy atom. The molecule has 0 saturated carbocycles. The average Bonchev–Trinajstić information content (AvgIpc) is 2.88. The van der Waals surface area contributed by atoms with Crippen LogP contribution in [0.3, 0.4) is 0 Å². The highest BCUT2D eigenvalue weighted by molar-refractivity contribution is 5.82. The highest BCUT2D eigenvalue weighted by Crippen LogP contribution is 2.22. The summed E-state index contributed by atoms with van der Waals surface area (Å²) >= 11 is 0. The van der Waals surface area contributed by atoms with Crippen LogP contribution < -0.4 is 5.32 Å². The van der Waals surface area contributed by atoms with Gasteiger partial charge >= 0.3 is 0 Å². The molecule has 15 heavy (non-hydrogen) atoms. The van der Waals surface area contributed by atoms with E-state index >= 15 is 0 Å². The molecule has 0 bridgehead atoms. The zero-order chi connectivity index (χ0) is 10.8. The van der Waals surface area contributed by atoms with Gasteiger partial charge in [-0.2, -0.15) is 0 Å². The number of hydrogen-bond donors (Lipinski definition) is 2. The lowest BCUT2D eigenvalue weighted by Gasteiger charge is -2.29. The van der Waals surface area contributed by atoms with Gasteiger partial charge in [-0.05, 0) is 39.2 Å². The largest absolute Gasteiger partial charge is 0.391 e. The van der Waals surface area contributed by atoms with Gasteiger partial charge in [0.25, 0.3) is 0 Å². The van der Waals surface area contributed by atoms with Crippen LogP contribution in [0.1, 0.15) is 32.6 Å². The van der Waals surface area contributed by atoms with Crippen molar-refractivity contribution < 1.29 is 9.90 Å².